The molecular formula is C16H22N2O3. The van der Waals surface area contributed by atoms with Gasteiger partial charge in [0, 0.05) is 18.3 Å². The molecule has 114 valence electrons. The number of nitrogens with one attached hydrogen (secondary N) is 1. The molecule has 2 rings (SSSR count). The van der Waals surface area contributed by atoms with E-state index in [1.807, 2.05) is 18.7 Å². The number of hydrogen-bond acceptors (Lipinski definition) is 2. The average molecular weight is 290 g/mol. The Morgan fingerprint density at radius 2 is 2.00 bits per heavy atom. The Balaban J connectivity index is 2.15. The zero-order valence-electron chi connectivity index (χ0n) is 12.7. The van der Waals surface area contributed by atoms with Gasteiger partial charge in [-0.05, 0) is 50.3 Å². The van der Waals surface area contributed by atoms with Gasteiger partial charge < -0.3 is 15.3 Å². The first-order valence-corrected chi connectivity index (χ1v) is 7.30. The van der Waals surface area contributed by atoms with Gasteiger partial charge in [-0.15, -0.1) is 0 Å². The first kappa shape index (κ1) is 15.4. The third kappa shape index (κ3) is 3.54. The van der Waals surface area contributed by atoms with Crippen molar-refractivity contribution in [3.63, 3.8) is 0 Å². The summed E-state index contributed by atoms with van der Waals surface area (Å²) in [4.78, 5) is 25.3. The Bertz CT molecular complexity index is 556. The van der Waals surface area contributed by atoms with Gasteiger partial charge >= 0.3 is 12.0 Å². The Morgan fingerprint density at radius 3 is 2.67 bits per heavy atom. The topological polar surface area (TPSA) is 69.6 Å². The number of likely N-dealkylation sites (tertiary alicyclic amines) is 1. The van der Waals surface area contributed by atoms with E-state index in [1.165, 1.54) is 6.07 Å². The van der Waals surface area contributed by atoms with Crippen LogP contribution in [0.4, 0.5) is 10.5 Å². The van der Waals surface area contributed by atoms with Crippen molar-refractivity contribution < 1.29 is 14.7 Å². The van der Waals surface area contributed by atoms with E-state index >= 15 is 0 Å². The molecule has 1 aliphatic rings. The molecule has 2 amide bonds. The van der Waals surface area contributed by atoms with Crippen LogP contribution < -0.4 is 5.32 Å². The number of benzene rings is 1. The molecule has 1 saturated heterocycles. The predicted octanol–water partition coefficient (Wildman–Crippen LogP) is 3.35. The van der Waals surface area contributed by atoms with Gasteiger partial charge in [0.25, 0.3) is 0 Å². The molecule has 1 heterocycles. The Kier molecular flexibility index (Phi) is 4.50. The second-order valence-corrected chi connectivity index (χ2v) is 5.95. The van der Waals surface area contributed by atoms with Crippen molar-refractivity contribution >= 4 is 17.7 Å². The van der Waals surface area contributed by atoms with E-state index in [-0.39, 0.29) is 17.6 Å². The monoisotopic (exact) mass is 290 g/mol. The van der Waals surface area contributed by atoms with Crippen LogP contribution in [0.3, 0.4) is 0 Å². The molecular weight excluding hydrogens is 268 g/mol. The van der Waals surface area contributed by atoms with Crippen LogP contribution >= 0.6 is 0 Å². The number of urea groups is 1. The Morgan fingerprint density at radius 1 is 1.29 bits per heavy atom. The van der Waals surface area contributed by atoms with Crippen molar-refractivity contribution in [3.8, 4) is 0 Å². The molecule has 0 spiro atoms. The van der Waals surface area contributed by atoms with E-state index in [2.05, 4.69) is 12.2 Å². The fourth-order valence-corrected chi connectivity index (χ4v) is 2.65. The first-order chi connectivity index (χ1) is 9.88. The van der Waals surface area contributed by atoms with Gasteiger partial charge in [0.15, 0.2) is 0 Å². The number of aromatic carboxylic acids is 1. The summed E-state index contributed by atoms with van der Waals surface area (Å²) in [6, 6.07) is 4.82. The van der Waals surface area contributed by atoms with E-state index in [9.17, 15) is 9.59 Å². The third-order valence-electron chi connectivity index (χ3n) is 4.10. The molecule has 0 radical (unpaired) electrons. The van der Waals surface area contributed by atoms with Crippen molar-refractivity contribution in [2.75, 3.05) is 11.9 Å². The molecule has 2 N–H and O–H groups in total. The van der Waals surface area contributed by atoms with E-state index in [1.54, 1.807) is 12.1 Å². The molecule has 21 heavy (non-hydrogen) atoms. The fourth-order valence-electron chi connectivity index (χ4n) is 2.65. The quantitative estimate of drug-likeness (QED) is 0.877. The van der Waals surface area contributed by atoms with Gasteiger partial charge in [0.2, 0.25) is 0 Å². The number of carboxylic acids is 1. The highest BCUT2D eigenvalue weighted by atomic mass is 16.4. The van der Waals surface area contributed by atoms with Crippen LogP contribution in [-0.4, -0.2) is 34.6 Å². The predicted molar refractivity (Wildman–Crippen MR) is 81.7 cm³/mol. The summed E-state index contributed by atoms with van der Waals surface area (Å²) < 4.78 is 0. The molecule has 2 unspecified atom stereocenters. The lowest BCUT2D eigenvalue weighted by molar-refractivity contribution is 0.0697. The molecule has 0 saturated carbocycles. The molecule has 1 fully saturated rings. The summed E-state index contributed by atoms with van der Waals surface area (Å²) in [7, 11) is 0. The normalized spacial score (nSPS) is 22.0. The van der Waals surface area contributed by atoms with Crippen LogP contribution in [0.15, 0.2) is 18.2 Å². The number of carbonyl (C=O) groups is 2. The van der Waals surface area contributed by atoms with Crippen LogP contribution in [0.25, 0.3) is 0 Å². The minimum atomic E-state index is -0.995. The number of carbonyl (C=O) groups excluding carboxylic acids is 1. The van der Waals surface area contributed by atoms with Crippen LogP contribution in [0.5, 0.6) is 0 Å². The molecule has 5 heteroatoms. The third-order valence-corrected chi connectivity index (χ3v) is 4.10. The summed E-state index contributed by atoms with van der Waals surface area (Å²) in [6.45, 7) is 6.78. The molecule has 0 aliphatic carbocycles. The lowest BCUT2D eigenvalue weighted by Crippen LogP contribution is -2.47. The molecule has 1 aliphatic heterocycles. The molecule has 1 aromatic carbocycles. The number of hydrogen-bond donors (Lipinski definition) is 2. The zero-order valence-corrected chi connectivity index (χ0v) is 12.7. The number of nitrogens with zero attached hydrogens (tertiary/aromatic N) is 1. The van der Waals surface area contributed by atoms with Crippen LogP contribution in [0, 0.1) is 12.8 Å². The summed E-state index contributed by atoms with van der Waals surface area (Å²) >= 11 is 0. The van der Waals surface area contributed by atoms with Gasteiger partial charge in [-0.2, -0.15) is 0 Å². The molecule has 0 aromatic heterocycles. The van der Waals surface area contributed by atoms with Crippen molar-refractivity contribution in [2.24, 2.45) is 5.92 Å². The van der Waals surface area contributed by atoms with Crippen LogP contribution in [0.2, 0.25) is 0 Å². The summed E-state index contributed by atoms with van der Waals surface area (Å²) in [5.74, 6) is -0.496. The second kappa shape index (κ2) is 6.16. The van der Waals surface area contributed by atoms with Crippen LogP contribution in [-0.2, 0) is 0 Å². The largest absolute Gasteiger partial charge is 0.478 e. The van der Waals surface area contributed by atoms with Gasteiger partial charge in [0.05, 0.1) is 5.56 Å². The van der Waals surface area contributed by atoms with Crippen molar-refractivity contribution in [1.29, 1.82) is 0 Å². The number of amides is 2. The van der Waals surface area contributed by atoms with E-state index in [4.69, 9.17) is 5.11 Å². The minimum absolute atomic E-state index is 0.153. The number of piperidine rings is 1. The number of rotatable bonds is 2. The molecule has 0 bridgehead atoms. The zero-order chi connectivity index (χ0) is 15.6. The highest BCUT2D eigenvalue weighted by Gasteiger charge is 2.27. The lowest BCUT2D eigenvalue weighted by atomic mass is 9.95. The fraction of sp³-hybridized carbons (Fsp3) is 0.500. The Labute approximate surface area is 125 Å². The number of aryl methyl sites for hydroxylation is 1. The maximum absolute atomic E-state index is 12.4. The summed E-state index contributed by atoms with van der Waals surface area (Å²) in [5, 5.41) is 11.9. The Hall–Kier alpha value is -2.04. The second-order valence-electron chi connectivity index (χ2n) is 5.95. The number of anilines is 1. The summed E-state index contributed by atoms with van der Waals surface area (Å²) in [5.41, 5.74) is 1.59. The average Bonchev–Trinajstić information content (AvgIpc) is 2.43. The maximum Gasteiger partial charge on any atom is 0.335 e. The van der Waals surface area contributed by atoms with E-state index < -0.39 is 5.97 Å². The SMILES string of the molecule is Cc1ccc(C(=O)O)cc1NC(=O)N1CC(C)CCC1C. The molecule has 1 aromatic rings. The highest BCUT2D eigenvalue weighted by Crippen LogP contribution is 2.23. The number of carboxylic acid groups (broad SMARTS) is 1. The van der Waals surface area contributed by atoms with Gasteiger partial charge in [-0.3, -0.25) is 0 Å². The highest BCUT2D eigenvalue weighted by molar-refractivity contribution is 5.94. The maximum atomic E-state index is 12.4. The van der Waals surface area contributed by atoms with Crippen molar-refractivity contribution in [3.05, 3.63) is 29.3 Å². The van der Waals surface area contributed by atoms with E-state index in [0.29, 0.717) is 11.6 Å². The van der Waals surface area contributed by atoms with Crippen molar-refractivity contribution in [2.45, 2.75) is 39.7 Å². The van der Waals surface area contributed by atoms with E-state index in [0.717, 1.165) is 24.9 Å². The first-order valence-electron chi connectivity index (χ1n) is 7.30. The molecule has 5 nitrogen and oxygen atoms in total. The lowest BCUT2D eigenvalue weighted by Gasteiger charge is -2.36. The van der Waals surface area contributed by atoms with Gasteiger partial charge in [-0.25, -0.2) is 9.59 Å². The van der Waals surface area contributed by atoms with Gasteiger partial charge in [-0.1, -0.05) is 13.0 Å². The molecule has 2 atom stereocenters. The summed E-state index contributed by atoms with van der Waals surface area (Å²) in [6.07, 6.45) is 2.14. The van der Waals surface area contributed by atoms with Crippen LogP contribution in [0.1, 0.15) is 42.6 Å². The minimum Gasteiger partial charge on any atom is -0.478 e. The van der Waals surface area contributed by atoms with Gasteiger partial charge in [0.1, 0.15) is 0 Å². The smallest absolute Gasteiger partial charge is 0.335 e. The standard InChI is InChI=1S/C16H22N2O3/c1-10-4-6-12(3)18(9-10)16(21)17-14-8-13(15(19)20)7-5-11(14)2/h5,7-8,10,12H,4,6,9H2,1-3H3,(H,17,21)(H,19,20). The van der Waals surface area contributed by atoms with Crippen molar-refractivity contribution in [1.82, 2.24) is 4.90 Å².